The Morgan fingerprint density at radius 3 is 2.61 bits per heavy atom. The van der Waals surface area contributed by atoms with Crippen LogP contribution in [0.15, 0.2) is 18.2 Å². The predicted octanol–water partition coefficient (Wildman–Crippen LogP) is 3.50. The zero-order chi connectivity index (χ0) is 13.4. The van der Waals surface area contributed by atoms with Gasteiger partial charge in [0, 0.05) is 12.8 Å². The molecule has 100 valence electrons. The first-order chi connectivity index (χ1) is 8.63. The van der Waals surface area contributed by atoms with Crippen molar-refractivity contribution in [3.63, 3.8) is 0 Å². The molecule has 0 amide bonds. The van der Waals surface area contributed by atoms with Gasteiger partial charge in [0.15, 0.2) is 0 Å². The summed E-state index contributed by atoms with van der Waals surface area (Å²) in [7, 11) is 0. The zero-order valence-corrected chi connectivity index (χ0v) is 11.2. The van der Waals surface area contributed by atoms with Crippen LogP contribution in [0.2, 0.25) is 5.02 Å². The standard InChI is InChI=1S/C14H19ClFNO/c15-13-7-6-11(10-14(13)16)9-12(18)5-3-1-2-4-8-17/h6-7,10H,1-5,8-9,17H2. The van der Waals surface area contributed by atoms with Crippen LogP contribution in [0.3, 0.4) is 0 Å². The molecule has 0 fully saturated rings. The lowest BCUT2D eigenvalue weighted by Gasteiger charge is -2.03. The second-order valence-corrected chi connectivity index (χ2v) is 4.82. The predicted molar refractivity (Wildman–Crippen MR) is 72.3 cm³/mol. The zero-order valence-electron chi connectivity index (χ0n) is 10.4. The maximum absolute atomic E-state index is 13.2. The minimum absolute atomic E-state index is 0.0907. The molecule has 0 saturated heterocycles. The van der Waals surface area contributed by atoms with E-state index in [1.54, 1.807) is 6.07 Å². The Hall–Kier alpha value is -0.930. The quantitative estimate of drug-likeness (QED) is 0.736. The van der Waals surface area contributed by atoms with Gasteiger partial charge in [-0.3, -0.25) is 4.79 Å². The number of carbonyl (C=O) groups excluding carboxylic acids is 1. The van der Waals surface area contributed by atoms with Crippen molar-refractivity contribution in [2.75, 3.05) is 6.54 Å². The van der Waals surface area contributed by atoms with E-state index in [1.165, 1.54) is 12.1 Å². The van der Waals surface area contributed by atoms with E-state index in [-0.39, 0.29) is 17.2 Å². The second-order valence-electron chi connectivity index (χ2n) is 4.42. The number of Topliss-reactive ketones (excluding diaryl/α,β-unsaturated/α-hetero) is 1. The summed E-state index contributed by atoms with van der Waals surface area (Å²) in [5.74, 6) is -0.325. The van der Waals surface area contributed by atoms with Crippen molar-refractivity contribution < 1.29 is 9.18 Å². The third-order valence-electron chi connectivity index (χ3n) is 2.80. The average Bonchev–Trinajstić information content (AvgIpc) is 2.34. The van der Waals surface area contributed by atoms with Gasteiger partial charge in [-0.2, -0.15) is 0 Å². The highest BCUT2D eigenvalue weighted by atomic mass is 35.5. The summed E-state index contributed by atoms with van der Waals surface area (Å²) in [6.07, 6.45) is 4.82. The number of carbonyl (C=O) groups is 1. The van der Waals surface area contributed by atoms with E-state index in [0.717, 1.165) is 25.7 Å². The molecule has 0 atom stereocenters. The van der Waals surface area contributed by atoms with Crippen LogP contribution < -0.4 is 5.73 Å². The first-order valence-corrected chi connectivity index (χ1v) is 6.67. The molecule has 0 aliphatic rings. The summed E-state index contributed by atoms with van der Waals surface area (Å²) in [4.78, 5) is 11.7. The first-order valence-electron chi connectivity index (χ1n) is 6.29. The maximum atomic E-state index is 13.2. The van der Waals surface area contributed by atoms with E-state index < -0.39 is 5.82 Å². The largest absolute Gasteiger partial charge is 0.330 e. The number of halogens is 2. The molecule has 0 saturated carbocycles. The van der Waals surface area contributed by atoms with E-state index in [4.69, 9.17) is 17.3 Å². The lowest BCUT2D eigenvalue weighted by Crippen LogP contribution is -2.03. The minimum Gasteiger partial charge on any atom is -0.330 e. The molecule has 0 aromatic heterocycles. The van der Waals surface area contributed by atoms with E-state index >= 15 is 0 Å². The third kappa shape index (κ3) is 5.61. The van der Waals surface area contributed by atoms with Crippen LogP contribution in [0.1, 0.15) is 37.7 Å². The highest BCUT2D eigenvalue weighted by Crippen LogP contribution is 2.16. The van der Waals surface area contributed by atoms with Crippen molar-refractivity contribution in [2.24, 2.45) is 5.73 Å². The van der Waals surface area contributed by atoms with Crippen LogP contribution in [0.4, 0.5) is 4.39 Å². The highest BCUT2D eigenvalue weighted by molar-refractivity contribution is 6.30. The Bertz CT molecular complexity index is 395. The van der Waals surface area contributed by atoms with E-state index in [1.807, 2.05) is 0 Å². The smallest absolute Gasteiger partial charge is 0.142 e. The van der Waals surface area contributed by atoms with Crippen molar-refractivity contribution in [2.45, 2.75) is 38.5 Å². The fraction of sp³-hybridized carbons (Fsp3) is 0.500. The van der Waals surface area contributed by atoms with E-state index in [0.29, 0.717) is 18.5 Å². The minimum atomic E-state index is -0.468. The number of hydrogen-bond acceptors (Lipinski definition) is 2. The number of unbranched alkanes of at least 4 members (excludes halogenated alkanes) is 3. The lowest BCUT2D eigenvalue weighted by atomic mass is 10.0. The summed E-state index contributed by atoms with van der Waals surface area (Å²) < 4.78 is 13.2. The summed E-state index contributed by atoms with van der Waals surface area (Å²) >= 11 is 5.58. The first kappa shape index (κ1) is 15.1. The number of nitrogens with two attached hydrogens (primary N) is 1. The summed E-state index contributed by atoms with van der Waals surface area (Å²) in [5, 5.41) is 0.0907. The van der Waals surface area contributed by atoms with Gasteiger partial charge in [0.1, 0.15) is 11.6 Å². The third-order valence-corrected chi connectivity index (χ3v) is 3.10. The highest BCUT2D eigenvalue weighted by Gasteiger charge is 2.06. The molecule has 0 aliphatic carbocycles. The van der Waals surface area contributed by atoms with Crippen LogP contribution in [0.5, 0.6) is 0 Å². The monoisotopic (exact) mass is 271 g/mol. The second kappa shape index (κ2) is 8.22. The Balaban J connectivity index is 2.29. The van der Waals surface area contributed by atoms with Gasteiger partial charge in [0.05, 0.1) is 5.02 Å². The van der Waals surface area contributed by atoms with Crippen LogP contribution in [-0.4, -0.2) is 12.3 Å². The van der Waals surface area contributed by atoms with Crippen LogP contribution in [0, 0.1) is 5.82 Å². The number of rotatable bonds is 8. The molecule has 0 unspecified atom stereocenters. The molecule has 2 nitrogen and oxygen atoms in total. The molecule has 0 aliphatic heterocycles. The van der Waals surface area contributed by atoms with E-state index in [9.17, 15) is 9.18 Å². The van der Waals surface area contributed by atoms with Crippen molar-refractivity contribution in [3.05, 3.63) is 34.6 Å². The Kier molecular flexibility index (Phi) is 6.91. The van der Waals surface area contributed by atoms with Gasteiger partial charge in [-0.05, 0) is 37.1 Å². The van der Waals surface area contributed by atoms with Gasteiger partial charge in [-0.25, -0.2) is 4.39 Å². The summed E-state index contributed by atoms with van der Waals surface area (Å²) in [5.41, 5.74) is 6.07. The average molecular weight is 272 g/mol. The molecule has 0 heterocycles. The number of hydrogen-bond donors (Lipinski definition) is 1. The van der Waals surface area contributed by atoms with Gasteiger partial charge < -0.3 is 5.73 Å². The number of ketones is 1. The van der Waals surface area contributed by atoms with E-state index in [2.05, 4.69) is 0 Å². The van der Waals surface area contributed by atoms with Gasteiger partial charge >= 0.3 is 0 Å². The van der Waals surface area contributed by atoms with Crippen molar-refractivity contribution >= 4 is 17.4 Å². The molecule has 1 aromatic carbocycles. The van der Waals surface area contributed by atoms with Crippen molar-refractivity contribution in [1.82, 2.24) is 0 Å². The van der Waals surface area contributed by atoms with Gasteiger partial charge in [0.25, 0.3) is 0 Å². The van der Waals surface area contributed by atoms with Crippen molar-refractivity contribution in [3.8, 4) is 0 Å². The molecule has 2 N–H and O–H groups in total. The fourth-order valence-electron chi connectivity index (χ4n) is 1.79. The molecule has 18 heavy (non-hydrogen) atoms. The lowest BCUT2D eigenvalue weighted by molar-refractivity contribution is -0.118. The normalized spacial score (nSPS) is 10.6. The van der Waals surface area contributed by atoms with Crippen LogP contribution >= 0.6 is 11.6 Å². The Morgan fingerprint density at radius 1 is 1.22 bits per heavy atom. The molecule has 1 aromatic rings. The SMILES string of the molecule is NCCCCCCC(=O)Cc1ccc(Cl)c(F)c1. The molecule has 0 spiro atoms. The summed E-state index contributed by atoms with van der Waals surface area (Å²) in [6, 6.07) is 4.51. The van der Waals surface area contributed by atoms with Gasteiger partial charge in [-0.1, -0.05) is 30.5 Å². The molecular formula is C14H19ClFNO. The van der Waals surface area contributed by atoms with Crippen molar-refractivity contribution in [1.29, 1.82) is 0 Å². The topological polar surface area (TPSA) is 43.1 Å². The Morgan fingerprint density at radius 2 is 1.94 bits per heavy atom. The van der Waals surface area contributed by atoms with Crippen LogP contribution in [-0.2, 0) is 11.2 Å². The van der Waals surface area contributed by atoms with Gasteiger partial charge in [-0.15, -0.1) is 0 Å². The maximum Gasteiger partial charge on any atom is 0.142 e. The molecule has 4 heteroatoms. The summed E-state index contributed by atoms with van der Waals surface area (Å²) in [6.45, 7) is 0.706. The fourth-order valence-corrected chi connectivity index (χ4v) is 1.90. The Labute approximate surface area is 112 Å². The molecule has 0 bridgehead atoms. The molecule has 1 rings (SSSR count). The van der Waals surface area contributed by atoms with Crippen LogP contribution in [0.25, 0.3) is 0 Å². The number of benzene rings is 1. The molecule has 0 radical (unpaired) electrons. The van der Waals surface area contributed by atoms with Gasteiger partial charge in [0.2, 0.25) is 0 Å². The molecular weight excluding hydrogens is 253 g/mol.